The van der Waals surface area contributed by atoms with Crippen LogP contribution in [0.3, 0.4) is 0 Å². The maximum absolute atomic E-state index is 10.6. The zero-order valence-electron chi connectivity index (χ0n) is 22.4. The molecule has 38 heavy (non-hydrogen) atoms. The van der Waals surface area contributed by atoms with Gasteiger partial charge in [0, 0.05) is 42.7 Å². The average molecular weight is 542 g/mol. The number of likely N-dealkylation sites (tertiary alicyclic amines) is 1. The van der Waals surface area contributed by atoms with Crippen molar-refractivity contribution in [2.45, 2.75) is 83.1 Å². The van der Waals surface area contributed by atoms with Gasteiger partial charge in [-0.3, -0.25) is 0 Å². The molecule has 0 atom stereocenters. The molecule has 9 nitrogen and oxygen atoms in total. The zero-order valence-corrected chi connectivity index (χ0v) is 22.4. The smallest absolute Gasteiger partial charge is 0.490 e. The number of halogens is 3. The molecule has 0 amide bonds. The number of carboxylic acid groups (broad SMARTS) is 1. The summed E-state index contributed by atoms with van der Waals surface area (Å²) in [6.07, 6.45) is 3.39. The number of alkyl halides is 3. The summed E-state index contributed by atoms with van der Waals surface area (Å²) < 4.78 is 42.8. The van der Waals surface area contributed by atoms with Crippen LogP contribution in [0.2, 0.25) is 0 Å². The number of carbonyl (C=O) groups is 1. The highest BCUT2D eigenvalue weighted by Gasteiger charge is 2.38. The van der Waals surface area contributed by atoms with Crippen molar-refractivity contribution in [3.63, 3.8) is 0 Å². The fourth-order valence-electron chi connectivity index (χ4n) is 4.81. The summed E-state index contributed by atoms with van der Waals surface area (Å²) in [6.45, 7) is 6.77. The third-order valence-corrected chi connectivity index (χ3v) is 6.98. The number of rotatable bonds is 7. The van der Waals surface area contributed by atoms with Crippen molar-refractivity contribution < 1.29 is 32.5 Å². The van der Waals surface area contributed by atoms with E-state index in [4.69, 9.17) is 29.3 Å². The first-order chi connectivity index (χ1) is 18.0. The fourth-order valence-corrected chi connectivity index (χ4v) is 4.81. The van der Waals surface area contributed by atoms with Gasteiger partial charge in [-0.15, -0.1) is 0 Å². The summed E-state index contributed by atoms with van der Waals surface area (Å²) in [5.74, 6) is 0.214. The molecule has 4 rings (SSSR count). The van der Waals surface area contributed by atoms with E-state index in [-0.39, 0.29) is 0 Å². The number of benzene rings is 1. The molecule has 2 heterocycles. The van der Waals surface area contributed by atoms with E-state index in [0.29, 0.717) is 35.6 Å². The fraction of sp³-hybridized carbons (Fsp3) is 0.654. The first-order valence-electron chi connectivity index (χ1n) is 13.0. The Morgan fingerprint density at radius 3 is 2.05 bits per heavy atom. The molecule has 1 aliphatic heterocycles. The molecular weight excluding hydrogens is 503 g/mol. The van der Waals surface area contributed by atoms with E-state index in [1.54, 1.807) is 14.2 Å². The molecule has 3 N–H and O–H groups in total. The monoisotopic (exact) mass is 541 g/mol. The number of fused-ring (bicyclic) bond motifs is 1. The predicted molar refractivity (Wildman–Crippen MR) is 140 cm³/mol. The minimum atomic E-state index is -5.08. The van der Waals surface area contributed by atoms with Crippen LogP contribution in [-0.2, 0) is 4.79 Å². The number of carboxylic acids is 1. The number of nitrogens with one attached hydrogen (secondary N) is 2. The lowest BCUT2D eigenvalue weighted by atomic mass is 9.96. The van der Waals surface area contributed by atoms with Crippen molar-refractivity contribution in [3.05, 3.63) is 12.1 Å². The van der Waals surface area contributed by atoms with Gasteiger partial charge in [0.15, 0.2) is 11.5 Å². The Balaban J connectivity index is 0.000000505. The third-order valence-electron chi connectivity index (χ3n) is 6.98. The third kappa shape index (κ3) is 7.99. The topological polar surface area (TPSA) is 109 Å². The second-order valence-corrected chi connectivity index (χ2v) is 9.95. The Bertz CT molecular complexity index is 1070. The number of aliphatic carboxylic acids is 1. The van der Waals surface area contributed by atoms with Crippen molar-refractivity contribution >= 4 is 28.6 Å². The Hall–Kier alpha value is -3.02. The summed E-state index contributed by atoms with van der Waals surface area (Å²) in [5, 5.41) is 15.4. The Morgan fingerprint density at radius 2 is 1.53 bits per heavy atom. The van der Waals surface area contributed by atoms with Crippen molar-refractivity contribution in [2.75, 3.05) is 37.9 Å². The van der Waals surface area contributed by atoms with Crippen LogP contribution in [0.4, 0.5) is 24.9 Å². The van der Waals surface area contributed by atoms with Crippen molar-refractivity contribution in [3.8, 4) is 11.5 Å². The normalized spacial score (nSPS) is 17.6. The van der Waals surface area contributed by atoms with Gasteiger partial charge in [0.1, 0.15) is 5.82 Å². The molecule has 1 saturated heterocycles. The molecular formula is C26H38F3N5O4. The Morgan fingerprint density at radius 1 is 0.974 bits per heavy atom. The molecule has 2 aliphatic rings. The van der Waals surface area contributed by atoms with E-state index < -0.39 is 12.1 Å². The highest BCUT2D eigenvalue weighted by molar-refractivity contribution is 5.92. The summed E-state index contributed by atoms with van der Waals surface area (Å²) in [5.41, 5.74) is 0.869. The van der Waals surface area contributed by atoms with Crippen LogP contribution in [0.25, 0.3) is 10.9 Å². The second kappa shape index (κ2) is 13.2. The molecule has 0 unspecified atom stereocenters. The van der Waals surface area contributed by atoms with Gasteiger partial charge in [-0.2, -0.15) is 18.2 Å². The number of hydrogen-bond acceptors (Lipinski definition) is 8. The van der Waals surface area contributed by atoms with Crippen molar-refractivity contribution in [2.24, 2.45) is 0 Å². The van der Waals surface area contributed by atoms with Gasteiger partial charge in [-0.25, -0.2) is 9.78 Å². The summed E-state index contributed by atoms with van der Waals surface area (Å²) >= 11 is 0. The molecule has 12 heteroatoms. The lowest BCUT2D eigenvalue weighted by Crippen LogP contribution is -2.42. The largest absolute Gasteiger partial charge is 0.493 e. The summed E-state index contributed by atoms with van der Waals surface area (Å²) in [6, 6.07) is 5.40. The van der Waals surface area contributed by atoms with E-state index in [1.165, 1.54) is 32.1 Å². The summed E-state index contributed by atoms with van der Waals surface area (Å²) in [4.78, 5) is 21.2. The molecule has 1 aliphatic carbocycles. The lowest BCUT2D eigenvalue weighted by Gasteiger charge is -2.35. The minimum absolute atomic E-state index is 0.406. The number of ether oxygens (including phenoxy) is 2. The molecule has 1 aromatic carbocycles. The van der Waals surface area contributed by atoms with E-state index in [1.807, 2.05) is 12.1 Å². The maximum Gasteiger partial charge on any atom is 0.490 e. The standard InChI is InChI=1S/C24H37N5O2.C2HF3O2/c1-16(2)29-12-10-18(11-13-29)25-23-19-14-21(30-3)22(31-4)15-20(19)27-24(28-23)26-17-8-6-5-7-9-17;3-2(4,5)1(6)7/h14-18H,5-13H2,1-4H3,(H2,25,26,27,28);(H,6,7). The van der Waals surface area contributed by atoms with Gasteiger partial charge in [-0.05, 0) is 45.6 Å². The van der Waals surface area contributed by atoms with Crippen LogP contribution in [0.1, 0.15) is 58.8 Å². The quantitative estimate of drug-likeness (QED) is 0.430. The van der Waals surface area contributed by atoms with E-state index in [9.17, 15) is 13.2 Å². The number of aromatic nitrogens is 2. The van der Waals surface area contributed by atoms with Crippen LogP contribution in [-0.4, -0.2) is 77.6 Å². The van der Waals surface area contributed by atoms with Crippen LogP contribution < -0.4 is 20.1 Å². The molecule has 0 bridgehead atoms. The van der Waals surface area contributed by atoms with Crippen molar-refractivity contribution in [1.82, 2.24) is 14.9 Å². The molecule has 2 aromatic rings. The number of piperidine rings is 1. The van der Waals surface area contributed by atoms with E-state index in [0.717, 1.165) is 42.7 Å². The van der Waals surface area contributed by atoms with Crippen molar-refractivity contribution in [1.29, 1.82) is 0 Å². The average Bonchev–Trinajstić information content (AvgIpc) is 2.88. The minimum Gasteiger partial charge on any atom is -0.493 e. The highest BCUT2D eigenvalue weighted by atomic mass is 19.4. The van der Waals surface area contributed by atoms with Gasteiger partial charge in [0.05, 0.1) is 19.7 Å². The van der Waals surface area contributed by atoms with Crippen LogP contribution in [0.5, 0.6) is 11.5 Å². The predicted octanol–water partition coefficient (Wildman–Crippen LogP) is 5.31. The molecule has 1 saturated carbocycles. The number of nitrogens with zero attached hydrogens (tertiary/aromatic N) is 3. The Labute approximate surface area is 221 Å². The number of methoxy groups -OCH3 is 2. The second-order valence-electron chi connectivity index (χ2n) is 9.95. The zero-order chi connectivity index (χ0) is 27.9. The highest BCUT2D eigenvalue weighted by Crippen LogP contribution is 2.35. The van der Waals surface area contributed by atoms with Crippen LogP contribution in [0.15, 0.2) is 12.1 Å². The number of anilines is 2. The van der Waals surface area contributed by atoms with E-state index >= 15 is 0 Å². The number of hydrogen-bond donors (Lipinski definition) is 3. The van der Waals surface area contributed by atoms with Gasteiger partial charge in [0.25, 0.3) is 0 Å². The SMILES string of the molecule is COc1cc2nc(NC3CCCCC3)nc(NC3CCN(C(C)C)CC3)c2cc1OC.O=C(O)C(F)(F)F. The van der Waals surface area contributed by atoms with Crippen LogP contribution in [0, 0.1) is 0 Å². The molecule has 212 valence electrons. The molecule has 0 spiro atoms. The first-order valence-corrected chi connectivity index (χ1v) is 13.0. The van der Waals surface area contributed by atoms with E-state index in [2.05, 4.69) is 29.4 Å². The molecule has 0 radical (unpaired) electrons. The van der Waals surface area contributed by atoms with Gasteiger partial charge < -0.3 is 30.1 Å². The summed E-state index contributed by atoms with van der Waals surface area (Å²) in [7, 11) is 3.33. The van der Waals surface area contributed by atoms with Gasteiger partial charge in [0.2, 0.25) is 5.95 Å². The maximum atomic E-state index is 10.6. The van der Waals surface area contributed by atoms with Gasteiger partial charge in [-0.1, -0.05) is 19.3 Å². The molecule has 2 fully saturated rings. The first kappa shape index (κ1) is 29.5. The van der Waals surface area contributed by atoms with Gasteiger partial charge >= 0.3 is 12.1 Å². The molecule has 1 aromatic heterocycles. The Kier molecular flexibility index (Phi) is 10.2. The van der Waals surface area contributed by atoms with Crippen LogP contribution >= 0.6 is 0 Å². The lowest BCUT2D eigenvalue weighted by molar-refractivity contribution is -0.192.